The summed E-state index contributed by atoms with van der Waals surface area (Å²) < 4.78 is 1.21. The molecule has 0 radical (unpaired) electrons. The molecule has 26 heavy (non-hydrogen) atoms. The van der Waals surface area contributed by atoms with Crippen molar-refractivity contribution in [3.8, 4) is 6.07 Å². The maximum Gasteiger partial charge on any atom is 0.129 e. The summed E-state index contributed by atoms with van der Waals surface area (Å²) in [6, 6.07) is 19.6. The van der Waals surface area contributed by atoms with Gasteiger partial charge in [-0.2, -0.15) is 5.26 Å². The lowest BCUT2D eigenvalue weighted by molar-refractivity contribution is 0.261. The van der Waals surface area contributed by atoms with Crippen LogP contribution in [0.2, 0.25) is 0 Å². The third-order valence-corrected chi connectivity index (χ3v) is 6.26. The van der Waals surface area contributed by atoms with E-state index in [1.807, 2.05) is 6.07 Å². The first kappa shape index (κ1) is 17.1. The van der Waals surface area contributed by atoms with E-state index in [1.165, 1.54) is 21.2 Å². The number of hydrogen-bond donors (Lipinski definition) is 0. The van der Waals surface area contributed by atoms with Gasteiger partial charge in [0.2, 0.25) is 0 Å². The summed E-state index contributed by atoms with van der Waals surface area (Å²) in [5.74, 6) is 0. The molecule has 0 aliphatic carbocycles. The monoisotopic (exact) mass is 361 g/mol. The van der Waals surface area contributed by atoms with E-state index >= 15 is 0 Å². The topological polar surface area (TPSA) is 30.3 Å². The van der Waals surface area contributed by atoms with Crippen molar-refractivity contribution in [3.05, 3.63) is 64.5 Å². The van der Waals surface area contributed by atoms with E-state index in [0.717, 1.165) is 49.7 Å². The van der Waals surface area contributed by atoms with Crippen LogP contribution in [0.25, 0.3) is 10.1 Å². The van der Waals surface area contributed by atoms with Crippen molar-refractivity contribution in [1.82, 2.24) is 4.90 Å². The molecule has 0 bridgehead atoms. The normalized spacial score (nSPS) is 15.3. The van der Waals surface area contributed by atoms with Crippen LogP contribution in [-0.4, -0.2) is 37.6 Å². The van der Waals surface area contributed by atoms with E-state index in [9.17, 15) is 5.26 Å². The molecule has 132 valence electrons. The first-order valence-corrected chi connectivity index (χ1v) is 10.0. The summed E-state index contributed by atoms with van der Waals surface area (Å²) in [6.45, 7) is 7.33. The van der Waals surface area contributed by atoms with Gasteiger partial charge in [0.05, 0.1) is 5.69 Å². The molecule has 1 saturated heterocycles. The second-order valence-electron chi connectivity index (χ2n) is 6.95. The van der Waals surface area contributed by atoms with E-state index in [1.54, 1.807) is 11.3 Å². The van der Waals surface area contributed by atoms with Gasteiger partial charge < -0.3 is 4.90 Å². The van der Waals surface area contributed by atoms with E-state index in [-0.39, 0.29) is 0 Å². The molecule has 4 heteroatoms. The number of anilines is 1. The summed E-state index contributed by atoms with van der Waals surface area (Å²) in [4.78, 5) is 5.79. The number of benzene rings is 2. The van der Waals surface area contributed by atoms with Crippen LogP contribution in [0.4, 0.5) is 5.69 Å². The first-order valence-electron chi connectivity index (χ1n) is 9.19. The number of rotatable bonds is 4. The highest BCUT2D eigenvalue weighted by Crippen LogP contribution is 2.38. The summed E-state index contributed by atoms with van der Waals surface area (Å²) in [6.07, 6.45) is 1.10. The summed E-state index contributed by atoms with van der Waals surface area (Å²) >= 11 is 1.61. The fraction of sp³-hybridized carbons (Fsp3) is 0.318. The van der Waals surface area contributed by atoms with Crippen molar-refractivity contribution in [2.24, 2.45) is 0 Å². The molecule has 0 N–H and O–H groups in total. The van der Waals surface area contributed by atoms with Crippen LogP contribution >= 0.6 is 11.3 Å². The lowest BCUT2D eigenvalue weighted by Crippen LogP contribution is -2.47. The number of nitriles is 1. The predicted molar refractivity (Wildman–Crippen MR) is 110 cm³/mol. The predicted octanol–water partition coefficient (Wildman–Crippen LogP) is 4.45. The van der Waals surface area contributed by atoms with Gasteiger partial charge in [-0.25, -0.2) is 0 Å². The van der Waals surface area contributed by atoms with Crippen molar-refractivity contribution >= 4 is 27.1 Å². The van der Waals surface area contributed by atoms with Gasteiger partial charge in [0.25, 0.3) is 0 Å². The largest absolute Gasteiger partial charge is 0.367 e. The van der Waals surface area contributed by atoms with Gasteiger partial charge in [0, 0.05) is 42.8 Å². The molecular formula is C22H23N3S. The maximum absolute atomic E-state index is 9.56. The van der Waals surface area contributed by atoms with Crippen molar-refractivity contribution in [3.63, 3.8) is 0 Å². The second-order valence-corrected chi connectivity index (χ2v) is 8.00. The van der Waals surface area contributed by atoms with Gasteiger partial charge in [-0.1, -0.05) is 48.0 Å². The smallest absolute Gasteiger partial charge is 0.129 e. The molecule has 3 nitrogen and oxygen atoms in total. The molecule has 1 fully saturated rings. The van der Waals surface area contributed by atoms with Crippen molar-refractivity contribution in [2.45, 2.75) is 13.3 Å². The number of nitrogens with zero attached hydrogens (tertiary/aromatic N) is 3. The minimum atomic E-state index is 0.847. The zero-order chi connectivity index (χ0) is 17.9. The van der Waals surface area contributed by atoms with Crippen molar-refractivity contribution < 1.29 is 0 Å². The molecule has 0 amide bonds. The van der Waals surface area contributed by atoms with Crippen molar-refractivity contribution in [1.29, 1.82) is 5.26 Å². The Bertz CT molecular complexity index is 928. The maximum atomic E-state index is 9.56. The van der Waals surface area contributed by atoms with Crippen LogP contribution in [0, 0.1) is 18.3 Å². The van der Waals surface area contributed by atoms with E-state index in [0.29, 0.717) is 0 Å². The molecule has 1 aliphatic rings. The van der Waals surface area contributed by atoms with E-state index < -0.39 is 0 Å². The molecule has 0 saturated carbocycles. The molecule has 1 aliphatic heterocycles. The standard InChI is InChI=1S/C22H23N3S/c1-17-6-8-18(9-7-17)10-11-24-12-14-25(15-13-24)22-19-4-2-3-5-20(19)26-21(22)16-23/h2-9H,10-15H2,1H3. The summed E-state index contributed by atoms with van der Waals surface area (Å²) in [7, 11) is 0. The lowest BCUT2D eigenvalue weighted by Gasteiger charge is -2.36. The minimum absolute atomic E-state index is 0.847. The van der Waals surface area contributed by atoms with Gasteiger partial charge in [0.15, 0.2) is 0 Å². The Morgan fingerprint density at radius 2 is 1.73 bits per heavy atom. The molecule has 2 aromatic carbocycles. The third-order valence-electron chi connectivity index (χ3n) is 5.20. The van der Waals surface area contributed by atoms with E-state index in [4.69, 9.17) is 0 Å². The molecule has 0 spiro atoms. The Kier molecular flexibility index (Phi) is 4.92. The molecule has 1 aromatic heterocycles. The van der Waals surface area contributed by atoms with Crippen LogP contribution in [0.3, 0.4) is 0 Å². The van der Waals surface area contributed by atoms with Crippen LogP contribution in [0.5, 0.6) is 0 Å². The van der Waals surface area contributed by atoms with Crippen LogP contribution in [0.1, 0.15) is 16.0 Å². The number of fused-ring (bicyclic) bond motifs is 1. The Morgan fingerprint density at radius 3 is 2.46 bits per heavy atom. The minimum Gasteiger partial charge on any atom is -0.367 e. The highest BCUT2D eigenvalue weighted by Gasteiger charge is 2.22. The number of piperazine rings is 1. The fourth-order valence-electron chi connectivity index (χ4n) is 3.66. The quantitative estimate of drug-likeness (QED) is 0.688. The average Bonchev–Trinajstić information content (AvgIpc) is 3.07. The SMILES string of the molecule is Cc1ccc(CCN2CCN(c3c(C#N)sc4ccccc34)CC2)cc1. The highest BCUT2D eigenvalue weighted by atomic mass is 32.1. The Morgan fingerprint density at radius 1 is 1.00 bits per heavy atom. The van der Waals surface area contributed by atoms with Gasteiger partial charge in [-0.05, 0) is 25.0 Å². The lowest BCUT2D eigenvalue weighted by atomic mass is 10.1. The molecule has 3 aromatic rings. The molecule has 0 atom stereocenters. The fourth-order valence-corrected chi connectivity index (χ4v) is 4.68. The third kappa shape index (κ3) is 3.46. The van der Waals surface area contributed by atoms with Gasteiger partial charge in [-0.3, -0.25) is 4.90 Å². The van der Waals surface area contributed by atoms with Gasteiger partial charge >= 0.3 is 0 Å². The highest BCUT2D eigenvalue weighted by molar-refractivity contribution is 7.20. The Labute approximate surface area is 159 Å². The average molecular weight is 362 g/mol. The Hall–Kier alpha value is -2.35. The number of hydrogen-bond acceptors (Lipinski definition) is 4. The van der Waals surface area contributed by atoms with Crippen molar-refractivity contribution in [2.75, 3.05) is 37.6 Å². The summed E-state index contributed by atoms with van der Waals surface area (Å²) in [5.41, 5.74) is 3.87. The first-order chi connectivity index (χ1) is 12.7. The molecule has 4 rings (SSSR count). The molecule has 0 unspecified atom stereocenters. The van der Waals surface area contributed by atoms with Crippen LogP contribution < -0.4 is 4.90 Å². The zero-order valence-corrected chi connectivity index (χ0v) is 15.9. The van der Waals surface area contributed by atoms with E-state index in [2.05, 4.69) is 65.3 Å². The molecule has 2 heterocycles. The second kappa shape index (κ2) is 7.49. The number of aryl methyl sites for hydroxylation is 1. The number of thiophene rings is 1. The van der Waals surface area contributed by atoms with Crippen LogP contribution in [-0.2, 0) is 6.42 Å². The Balaban J connectivity index is 1.41. The van der Waals surface area contributed by atoms with Crippen LogP contribution in [0.15, 0.2) is 48.5 Å². The molecular weight excluding hydrogens is 338 g/mol. The van der Waals surface area contributed by atoms with Gasteiger partial charge in [0.1, 0.15) is 10.9 Å². The van der Waals surface area contributed by atoms with Gasteiger partial charge in [-0.15, -0.1) is 11.3 Å². The summed E-state index contributed by atoms with van der Waals surface area (Å²) in [5, 5.41) is 10.8. The zero-order valence-electron chi connectivity index (χ0n) is 15.1.